The molecule has 0 aliphatic carbocycles. The van der Waals surface area contributed by atoms with Crippen molar-refractivity contribution in [3.05, 3.63) is 70.2 Å². The quantitative estimate of drug-likeness (QED) is 0.734. The Morgan fingerprint density at radius 3 is 2.52 bits per heavy atom. The van der Waals surface area contributed by atoms with Crippen molar-refractivity contribution in [2.45, 2.75) is 20.1 Å². The van der Waals surface area contributed by atoms with Crippen molar-refractivity contribution in [1.82, 2.24) is 14.4 Å². The molecular weight excluding hydrogens is 314 g/mol. The maximum atomic E-state index is 12.1. The second kappa shape index (κ2) is 6.86. The van der Waals surface area contributed by atoms with Gasteiger partial charge in [-0.15, -0.1) is 0 Å². The number of nitrogens with zero attached hydrogens (tertiary/aromatic N) is 3. The van der Waals surface area contributed by atoms with E-state index in [1.807, 2.05) is 24.3 Å². The van der Waals surface area contributed by atoms with Crippen LogP contribution in [0.2, 0.25) is 0 Å². The highest BCUT2D eigenvalue weighted by Crippen LogP contribution is 2.14. The molecule has 0 radical (unpaired) electrons. The number of hydrogen-bond acceptors (Lipinski definition) is 4. The number of fused-ring (bicyclic) bond motifs is 1. The Kier molecular flexibility index (Phi) is 4.42. The summed E-state index contributed by atoms with van der Waals surface area (Å²) in [5.74, 6) is -0.275. The number of aromatic nitrogens is 1. The van der Waals surface area contributed by atoms with E-state index in [4.69, 9.17) is 4.42 Å². The van der Waals surface area contributed by atoms with Gasteiger partial charge in [0.25, 0.3) is 0 Å². The maximum absolute atomic E-state index is 12.1. The van der Waals surface area contributed by atoms with E-state index in [2.05, 4.69) is 41.0 Å². The van der Waals surface area contributed by atoms with Crippen LogP contribution in [0, 0.1) is 6.92 Å². The molecule has 0 unspecified atom stereocenters. The molecule has 1 fully saturated rings. The van der Waals surface area contributed by atoms with Crippen LogP contribution in [0.3, 0.4) is 0 Å². The lowest BCUT2D eigenvalue weighted by molar-refractivity contribution is 0.102. The molecule has 0 spiro atoms. The molecule has 0 N–H and O–H groups in total. The minimum absolute atomic E-state index is 0.275. The fourth-order valence-corrected chi connectivity index (χ4v) is 3.51. The Bertz CT molecular complexity index is 920. The van der Waals surface area contributed by atoms with E-state index in [-0.39, 0.29) is 5.76 Å². The molecule has 25 heavy (non-hydrogen) atoms. The van der Waals surface area contributed by atoms with Gasteiger partial charge in [0, 0.05) is 32.7 Å². The normalized spacial score (nSPS) is 16.5. The number of para-hydroxylation sites is 2. The van der Waals surface area contributed by atoms with Crippen LogP contribution in [-0.4, -0.2) is 40.5 Å². The summed E-state index contributed by atoms with van der Waals surface area (Å²) in [4.78, 5) is 16.9. The summed E-state index contributed by atoms with van der Waals surface area (Å²) in [5.41, 5.74) is 4.20. The first-order chi connectivity index (χ1) is 12.2. The molecule has 1 aliphatic rings. The second-order valence-electron chi connectivity index (χ2n) is 6.79. The number of benzene rings is 2. The van der Waals surface area contributed by atoms with Crippen LogP contribution < -0.4 is 5.76 Å². The third-order valence-electron chi connectivity index (χ3n) is 4.87. The first-order valence-electron chi connectivity index (χ1n) is 8.78. The number of aryl methyl sites for hydroxylation is 1. The van der Waals surface area contributed by atoms with E-state index in [1.165, 1.54) is 11.1 Å². The van der Waals surface area contributed by atoms with Gasteiger partial charge in [0.15, 0.2) is 5.58 Å². The first kappa shape index (κ1) is 16.1. The summed E-state index contributed by atoms with van der Waals surface area (Å²) in [7, 11) is 0. The summed E-state index contributed by atoms with van der Waals surface area (Å²) >= 11 is 0. The van der Waals surface area contributed by atoms with E-state index in [9.17, 15) is 4.79 Å². The zero-order valence-corrected chi connectivity index (χ0v) is 14.5. The standard InChI is InChI=1S/C20H23N3O2/c1-16-5-4-6-17(13-16)14-21-9-11-22(12-10-21)15-23-18-7-2-3-8-19(18)25-20(23)24/h2-8,13H,9-12,14-15H2,1H3. The van der Waals surface area contributed by atoms with Gasteiger partial charge in [-0.1, -0.05) is 42.0 Å². The first-order valence-corrected chi connectivity index (χ1v) is 8.78. The minimum Gasteiger partial charge on any atom is -0.408 e. The summed E-state index contributed by atoms with van der Waals surface area (Å²) in [6, 6.07) is 16.3. The van der Waals surface area contributed by atoms with Gasteiger partial charge in [0.2, 0.25) is 0 Å². The van der Waals surface area contributed by atoms with Gasteiger partial charge in [-0.2, -0.15) is 0 Å². The van der Waals surface area contributed by atoms with E-state index in [1.54, 1.807) is 4.57 Å². The van der Waals surface area contributed by atoms with Crippen molar-refractivity contribution < 1.29 is 4.42 Å². The fourth-order valence-electron chi connectivity index (χ4n) is 3.51. The number of rotatable bonds is 4. The molecule has 5 nitrogen and oxygen atoms in total. The number of oxazole rings is 1. The second-order valence-corrected chi connectivity index (χ2v) is 6.79. The van der Waals surface area contributed by atoms with Crippen molar-refractivity contribution in [1.29, 1.82) is 0 Å². The van der Waals surface area contributed by atoms with Crippen LogP contribution in [0.25, 0.3) is 11.1 Å². The van der Waals surface area contributed by atoms with E-state index in [0.717, 1.165) is 38.2 Å². The largest absolute Gasteiger partial charge is 0.421 e. The molecule has 1 aromatic heterocycles. The van der Waals surface area contributed by atoms with Crippen molar-refractivity contribution in [2.24, 2.45) is 0 Å². The highest BCUT2D eigenvalue weighted by Gasteiger charge is 2.19. The molecule has 0 saturated carbocycles. The molecule has 2 heterocycles. The lowest BCUT2D eigenvalue weighted by Crippen LogP contribution is -2.47. The molecule has 0 bridgehead atoms. The van der Waals surface area contributed by atoms with E-state index in [0.29, 0.717) is 12.3 Å². The predicted octanol–water partition coefficient (Wildman–Crippen LogP) is 2.68. The lowest BCUT2D eigenvalue weighted by Gasteiger charge is -2.34. The summed E-state index contributed by atoms with van der Waals surface area (Å²) < 4.78 is 7.05. The summed E-state index contributed by atoms with van der Waals surface area (Å²) in [5, 5.41) is 0. The molecule has 0 atom stereocenters. The Morgan fingerprint density at radius 2 is 1.72 bits per heavy atom. The maximum Gasteiger partial charge on any atom is 0.421 e. The Morgan fingerprint density at radius 1 is 0.960 bits per heavy atom. The lowest BCUT2D eigenvalue weighted by atomic mass is 10.1. The van der Waals surface area contributed by atoms with E-state index >= 15 is 0 Å². The van der Waals surface area contributed by atoms with Crippen LogP contribution in [0.4, 0.5) is 0 Å². The van der Waals surface area contributed by atoms with Crippen molar-refractivity contribution in [3.8, 4) is 0 Å². The van der Waals surface area contributed by atoms with Crippen LogP contribution in [-0.2, 0) is 13.2 Å². The number of hydrogen-bond donors (Lipinski definition) is 0. The van der Waals surface area contributed by atoms with Gasteiger partial charge in [0.05, 0.1) is 12.2 Å². The van der Waals surface area contributed by atoms with Crippen LogP contribution >= 0.6 is 0 Å². The molecule has 1 aliphatic heterocycles. The fraction of sp³-hybridized carbons (Fsp3) is 0.350. The van der Waals surface area contributed by atoms with Gasteiger partial charge in [-0.05, 0) is 24.6 Å². The molecule has 1 saturated heterocycles. The minimum atomic E-state index is -0.275. The van der Waals surface area contributed by atoms with Crippen LogP contribution in [0.5, 0.6) is 0 Å². The predicted molar refractivity (Wildman–Crippen MR) is 98.5 cm³/mol. The van der Waals surface area contributed by atoms with Gasteiger partial charge in [-0.3, -0.25) is 14.4 Å². The van der Waals surface area contributed by atoms with Gasteiger partial charge >= 0.3 is 5.76 Å². The summed E-state index contributed by atoms with van der Waals surface area (Å²) in [6.45, 7) is 7.65. The zero-order chi connectivity index (χ0) is 17.2. The molecule has 130 valence electrons. The summed E-state index contributed by atoms with van der Waals surface area (Å²) in [6.07, 6.45) is 0. The highest BCUT2D eigenvalue weighted by molar-refractivity contribution is 5.72. The number of piperazine rings is 1. The van der Waals surface area contributed by atoms with E-state index < -0.39 is 0 Å². The van der Waals surface area contributed by atoms with Crippen molar-refractivity contribution >= 4 is 11.1 Å². The molecule has 3 aromatic rings. The smallest absolute Gasteiger partial charge is 0.408 e. The molecule has 5 heteroatoms. The highest BCUT2D eigenvalue weighted by atomic mass is 16.4. The SMILES string of the molecule is Cc1cccc(CN2CCN(Cn3c(=O)oc4ccccc43)CC2)c1. The van der Waals surface area contributed by atoms with Gasteiger partial charge < -0.3 is 4.42 Å². The topological polar surface area (TPSA) is 41.6 Å². The monoisotopic (exact) mass is 337 g/mol. The van der Waals surface area contributed by atoms with Gasteiger partial charge in [-0.25, -0.2) is 4.79 Å². The van der Waals surface area contributed by atoms with Crippen molar-refractivity contribution in [3.63, 3.8) is 0 Å². The molecular formula is C20H23N3O2. The molecule has 0 amide bonds. The Labute approximate surface area is 147 Å². The van der Waals surface area contributed by atoms with Crippen molar-refractivity contribution in [2.75, 3.05) is 26.2 Å². The van der Waals surface area contributed by atoms with Gasteiger partial charge in [0.1, 0.15) is 0 Å². The Hall–Kier alpha value is -2.37. The van der Waals surface area contributed by atoms with Crippen LogP contribution in [0.1, 0.15) is 11.1 Å². The Balaban J connectivity index is 1.39. The molecule has 2 aromatic carbocycles. The average Bonchev–Trinajstić information content (AvgIpc) is 2.92. The molecule has 4 rings (SSSR count). The zero-order valence-electron chi connectivity index (χ0n) is 14.5. The third-order valence-corrected chi connectivity index (χ3v) is 4.87. The third kappa shape index (κ3) is 3.52. The van der Waals surface area contributed by atoms with Crippen LogP contribution in [0.15, 0.2) is 57.7 Å². The average molecular weight is 337 g/mol.